The molecular formula is C29H24ClF2N3O6. The van der Waals surface area contributed by atoms with E-state index in [2.05, 4.69) is 10.4 Å². The summed E-state index contributed by atoms with van der Waals surface area (Å²) in [6, 6.07) is 18.7. The molecule has 1 heterocycles. The van der Waals surface area contributed by atoms with E-state index in [1.165, 1.54) is 0 Å². The normalized spacial score (nSPS) is 12.5. The Labute approximate surface area is 237 Å². The van der Waals surface area contributed by atoms with Crippen LogP contribution in [0.3, 0.4) is 0 Å². The molecule has 0 bridgehead atoms. The van der Waals surface area contributed by atoms with Crippen LogP contribution in [0.4, 0.5) is 8.78 Å². The summed E-state index contributed by atoms with van der Waals surface area (Å²) < 4.78 is 29.4. The Morgan fingerprint density at radius 1 is 0.927 bits per heavy atom. The van der Waals surface area contributed by atoms with Gasteiger partial charge in [0.2, 0.25) is 0 Å². The maximum Gasteiger partial charge on any atom is 0.354 e. The van der Waals surface area contributed by atoms with Gasteiger partial charge in [0.15, 0.2) is 11.8 Å². The van der Waals surface area contributed by atoms with Gasteiger partial charge in [0.25, 0.3) is 5.91 Å². The van der Waals surface area contributed by atoms with Crippen molar-refractivity contribution in [1.82, 2.24) is 15.1 Å². The summed E-state index contributed by atoms with van der Waals surface area (Å²) in [4.78, 5) is 36.2. The number of aliphatic hydroxyl groups is 1. The first-order valence-corrected chi connectivity index (χ1v) is 12.7. The standard InChI is InChI=1S/C29H24ClF2N3O6/c30-19-11-22(31)21(23(32)12-19)15-35-25(28(38)39)14-24(34-35)27(37)33-20(13-26(36)29(40)41)10-16-6-8-18(9-7-16)17-4-2-1-3-5-17/h1-9,11-12,14,20,26,36H,10,13,15H2,(H,33,37)(H,38,39)(H,40,41)/t20-,26?/m1/s1. The number of benzene rings is 3. The Bertz CT molecular complexity index is 1550. The van der Waals surface area contributed by atoms with Crippen LogP contribution in [0.2, 0.25) is 5.02 Å². The smallest absolute Gasteiger partial charge is 0.354 e. The maximum atomic E-state index is 14.3. The van der Waals surface area contributed by atoms with Crippen molar-refractivity contribution in [3.63, 3.8) is 0 Å². The molecule has 4 N–H and O–H groups in total. The minimum Gasteiger partial charge on any atom is -0.479 e. The van der Waals surface area contributed by atoms with Crippen LogP contribution in [0.25, 0.3) is 11.1 Å². The molecule has 1 unspecified atom stereocenters. The van der Waals surface area contributed by atoms with E-state index in [1.807, 2.05) is 42.5 Å². The van der Waals surface area contributed by atoms with Crippen LogP contribution in [0.5, 0.6) is 0 Å². The Morgan fingerprint density at radius 2 is 1.54 bits per heavy atom. The first-order chi connectivity index (χ1) is 19.5. The Kier molecular flexibility index (Phi) is 9.10. The highest BCUT2D eigenvalue weighted by atomic mass is 35.5. The lowest BCUT2D eigenvalue weighted by Crippen LogP contribution is -2.40. The van der Waals surface area contributed by atoms with Gasteiger partial charge in [-0.25, -0.2) is 18.4 Å². The average Bonchev–Trinajstić information content (AvgIpc) is 3.36. The summed E-state index contributed by atoms with van der Waals surface area (Å²) in [5.74, 6) is -5.88. The third kappa shape index (κ3) is 7.33. The summed E-state index contributed by atoms with van der Waals surface area (Å²) >= 11 is 5.65. The topological polar surface area (TPSA) is 142 Å². The van der Waals surface area contributed by atoms with Crippen molar-refractivity contribution in [1.29, 1.82) is 0 Å². The second-order valence-corrected chi connectivity index (χ2v) is 9.69. The highest BCUT2D eigenvalue weighted by molar-refractivity contribution is 6.30. The van der Waals surface area contributed by atoms with E-state index in [0.717, 1.165) is 39.6 Å². The number of amides is 1. The number of hydrogen-bond donors (Lipinski definition) is 4. The monoisotopic (exact) mass is 583 g/mol. The summed E-state index contributed by atoms with van der Waals surface area (Å²) in [6.45, 7) is -0.640. The van der Waals surface area contributed by atoms with E-state index in [9.17, 15) is 38.5 Å². The van der Waals surface area contributed by atoms with Crippen molar-refractivity contribution in [3.8, 4) is 11.1 Å². The molecule has 0 saturated carbocycles. The van der Waals surface area contributed by atoms with Gasteiger partial charge in [-0.1, -0.05) is 66.2 Å². The van der Waals surface area contributed by atoms with Gasteiger partial charge in [-0.05, 0) is 35.2 Å². The van der Waals surface area contributed by atoms with Crippen LogP contribution in [-0.2, 0) is 17.8 Å². The van der Waals surface area contributed by atoms with Gasteiger partial charge in [-0.15, -0.1) is 0 Å². The predicted molar refractivity (Wildman–Crippen MR) is 145 cm³/mol. The average molecular weight is 584 g/mol. The number of nitrogens with zero attached hydrogens (tertiary/aromatic N) is 2. The molecule has 0 spiro atoms. The highest BCUT2D eigenvalue weighted by Crippen LogP contribution is 2.22. The molecule has 41 heavy (non-hydrogen) atoms. The largest absolute Gasteiger partial charge is 0.479 e. The molecule has 0 saturated heterocycles. The number of nitrogens with one attached hydrogen (secondary N) is 1. The number of aromatic carboxylic acids is 1. The van der Waals surface area contributed by atoms with Gasteiger partial charge in [-0.3, -0.25) is 9.48 Å². The van der Waals surface area contributed by atoms with Crippen molar-refractivity contribution < 1.29 is 38.5 Å². The quantitative estimate of drug-likeness (QED) is 0.205. The van der Waals surface area contributed by atoms with E-state index in [1.54, 1.807) is 12.1 Å². The highest BCUT2D eigenvalue weighted by Gasteiger charge is 2.26. The van der Waals surface area contributed by atoms with Gasteiger partial charge < -0.3 is 20.6 Å². The lowest BCUT2D eigenvalue weighted by Gasteiger charge is -2.20. The molecule has 2 atom stereocenters. The SMILES string of the molecule is O=C(N[C@H](Cc1ccc(-c2ccccc2)cc1)CC(O)C(=O)O)c1cc(C(=O)O)n(Cc2c(F)cc(Cl)cc2F)n1. The number of carbonyl (C=O) groups is 3. The minimum atomic E-state index is -1.79. The van der Waals surface area contributed by atoms with E-state index >= 15 is 0 Å². The molecule has 4 aromatic rings. The first-order valence-electron chi connectivity index (χ1n) is 12.3. The number of aromatic nitrogens is 2. The predicted octanol–water partition coefficient (Wildman–Crippen LogP) is 4.40. The number of aliphatic carboxylic acids is 1. The molecule has 1 amide bonds. The lowest BCUT2D eigenvalue weighted by molar-refractivity contribution is -0.147. The van der Waals surface area contributed by atoms with Gasteiger partial charge in [0.1, 0.15) is 17.3 Å². The van der Waals surface area contributed by atoms with Crippen molar-refractivity contribution >= 4 is 29.4 Å². The molecule has 0 aliphatic carbocycles. The van der Waals surface area contributed by atoms with Crippen molar-refractivity contribution in [2.24, 2.45) is 0 Å². The van der Waals surface area contributed by atoms with Gasteiger partial charge in [0.05, 0.1) is 6.54 Å². The Morgan fingerprint density at radius 3 is 2.12 bits per heavy atom. The zero-order valence-corrected chi connectivity index (χ0v) is 22.1. The second-order valence-electron chi connectivity index (χ2n) is 9.25. The Hall–Kier alpha value is -4.61. The van der Waals surface area contributed by atoms with E-state index in [0.29, 0.717) is 0 Å². The first kappa shape index (κ1) is 29.4. The zero-order valence-electron chi connectivity index (χ0n) is 21.3. The molecule has 0 aliphatic heterocycles. The van der Waals surface area contributed by atoms with Crippen molar-refractivity contribution in [2.75, 3.05) is 0 Å². The number of hydrogen-bond acceptors (Lipinski definition) is 5. The van der Waals surface area contributed by atoms with Gasteiger partial charge in [0, 0.05) is 29.1 Å². The van der Waals surface area contributed by atoms with Crippen LogP contribution >= 0.6 is 11.6 Å². The van der Waals surface area contributed by atoms with E-state index < -0.39 is 59.4 Å². The molecule has 1 aromatic heterocycles. The summed E-state index contributed by atoms with van der Waals surface area (Å²) in [5, 5.41) is 35.1. The van der Waals surface area contributed by atoms with E-state index in [4.69, 9.17) is 11.6 Å². The maximum absolute atomic E-state index is 14.3. The number of halogens is 3. The van der Waals surface area contributed by atoms with Crippen LogP contribution in [0, 0.1) is 11.6 Å². The van der Waals surface area contributed by atoms with Gasteiger partial charge >= 0.3 is 11.9 Å². The summed E-state index contributed by atoms with van der Waals surface area (Å²) in [5.41, 5.74) is 1.27. The third-order valence-electron chi connectivity index (χ3n) is 6.32. The fourth-order valence-electron chi connectivity index (χ4n) is 4.26. The number of carbonyl (C=O) groups excluding carboxylic acids is 1. The van der Waals surface area contributed by atoms with Crippen molar-refractivity contribution in [2.45, 2.75) is 31.5 Å². The summed E-state index contributed by atoms with van der Waals surface area (Å²) in [6.07, 6.45) is -2.00. The molecular weight excluding hydrogens is 560 g/mol. The Balaban J connectivity index is 1.56. The second kappa shape index (κ2) is 12.7. The molecule has 9 nitrogen and oxygen atoms in total. The molecule has 0 aliphatic rings. The number of carboxylic acid groups (broad SMARTS) is 2. The number of carboxylic acids is 2. The summed E-state index contributed by atoms with van der Waals surface area (Å²) in [7, 11) is 0. The molecule has 212 valence electrons. The number of aliphatic hydroxyl groups excluding tert-OH is 1. The molecule has 4 rings (SSSR count). The van der Waals surface area contributed by atoms with Crippen LogP contribution in [0.1, 0.15) is 38.5 Å². The minimum absolute atomic E-state index is 0.138. The number of rotatable bonds is 11. The van der Waals surface area contributed by atoms with Gasteiger partial charge in [-0.2, -0.15) is 5.10 Å². The van der Waals surface area contributed by atoms with Crippen LogP contribution in [-0.4, -0.2) is 55.1 Å². The fraction of sp³-hybridized carbons (Fsp3) is 0.172. The molecule has 0 fully saturated rings. The molecule has 3 aromatic carbocycles. The van der Waals surface area contributed by atoms with E-state index in [-0.39, 0.29) is 23.6 Å². The fourth-order valence-corrected chi connectivity index (χ4v) is 4.46. The lowest BCUT2D eigenvalue weighted by atomic mass is 9.97. The third-order valence-corrected chi connectivity index (χ3v) is 6.53. The molecule has 12 heteroatoms. The van der Waals surface area contributed by atoms with Crippen LogP contribution < -0.4 is 5.32 Å². The van der Waals surface area contributed by atoms with Crippen molar-refractivity contribution in [3.05, 3.63) is 112 Å². The zero-order chi connectivity index (χ0) is 29.7. The van der Waals surface area contributed by atoms with Crippen LogP contribution in [0.15, 0.2) is 72.8 Å². The molecule has 0 radical (unpaired) electrons.